The molecule has 0 unspecified atom stereocenters. The maximum Gasteiger partial charge on any atom is 0.272 e. The molecule has 6 heteroatoms. The molecule has 3 aromatic rings. The minimum atomic E-state index is -0.458. The molecule has 1 heterocycles. The highest BCUT2D eigenvalue weighted by molar-refractivity contribution is 9.10. The Morgan fingerprint density at radius 3 is 2.48 bits per heavy atom. The second kappa shape index (κ2) is 8.51. The lowest BCUT2D eigenvalue weighted by molar-refractivity contribution is -0.113. The zero-order valence-electron chi connectivity index (χ0n) is 14.5. The largest absolute Gasteiger partial charge is 0.465 e. The molecule has 3 rings (SSSR count). The predicted molar refractivity (Wildman–Crippen MR) is 108 cm³/mol. The first-order chi connectivity index (χ1) is 13.0. The minimum Gasteiger partial charge on any atom is -0.465 e. The number of aryl methyl sites for hydroxylation is 1. The van der Waals surface area contributed by atoms with E-state index in [9.17, 15) is 9.59 Å². The van der Waals surface area contributed by atoms with Gasteiger partial charge in [-0.1, -0.05) is 24.3 Å². The number of nitrogens with one attached hydrogen (secondary N) is 2. The van der Waals surface area contributed by atoms with Gasteiger partial charge in [-0.05, 0) is 64.8 Å². The summed E-state index contributed by atoms with van der Waals surface area (Å²) in [6.07, 6.45) is 2.98. The predicted octanol–water partition coefficient (Wildman–Crippen LogP) is 4.76. The summed E-state index contributed by atoms with van der Waals surface area (Å²) >= 11 is 3.43. The molecule has 0 radical (unpaired) electrons. The molecule has 2 N–H and O–H groups in total. The number of carbonyl (C=O) groups excluding carboxylic acids is 2. The maximum absolute atomic E-state index is 12.8. The molecule has 0 fully saturated rings. The standard InChI is InChI=1S/C21H17BrN2O3/c1-14-9-10-18(17(22)12-14)23-21(26)19(13-16-8-5-11-27-16)24-20(25)15-6-3-2-4-7-15/h2-13H,1H3,(H,23,26)(H,24,25)/b19-13+. The average Bonchev–Trinajstić information content (AvgIpc) is 3.17. The van der Waals surface area contributed by atoms with Crippen LogP contribution >= 0.6 is 15.9 Å². The molecule has 2 amide bonds. The van der Waals surface area contributed by atoms with Crippen LogP contribution in [0.1, 0.15) is 21.7 Å². The Hall–Kier alpha value is -3.12. The van der Waals surface area contributed by atoms with E-state index in [1.807, 2.05) is 25.1 Å². The minimum absolute atomic E-state index is 0.0753. The number of halogens is 1. The average molecular weight is 425 g/mol. The first-order valence-electron chi connectivity index (χ1n) is 8.22. The number of hydrogen-bond donors (Lipinski definition) is 2. The van der Waals surface area contributed by atoms with Crippen molar-refractivity contribution in [3.05, 3.63) is 94.0 Å². The molecule has 0 bridgehead atoms. The van der Waals surface area contributed by atoms with Crippen molar-refractivity contribution >= 4 is 39.5 Å². The third kappa shape index (κ3) is 4.95. The van der Waals surface area contributed by atoms with Crippen LogP contribution in [-0.4, -0.2) is 11.8 Å². The van der Waals surface area contributed by atoms with Crippen LogP contribution in [0.4, 0.5) is 5.69 Å². The molecule has 0 aliphatic carbocycles. The van der Waals surface area contributed by atoms with Crippen molar-refractivity contribution in [2.24, 2.45) is 0 Å². The summed E-state index contributed by atoms with van der Waals surface area (Å²) in [7, 11) is 0. The zero-order chi connectivity index (χ0) is 19.2. The van der Waals surface area contributed by atoms with Gasteiger partial charge in [-0.2, -0.15) is 0 Å². The van der Waals surface area contributed by atoms with Gasteiger partial charge in [-0.15, -0.1) is 0 Å². The van der Waals surface area contributed by atoms with Crippen molar-refractivity contribution in [3.63, 3.8) is 0 Å². The van der Waals surface area contributed by atoms with Gasteiger partial charge in [0.05, 0.1) is 12.0 Å². The van der Waals surface area contributed by atoms with E-state index in [0.717, 1.165) is 10.0 Å². The number of benzene rings is 2. The number of anilines is 1. The SMILES string of the molecule is Cc1ccc(NC(=O)/C(=C\c2ccco2)NC(=O)c2ccccc2)c(Br)c1. The lowest BCUT2D eigenvalue weighted by Gasteiger charge is -2.12. The fraction of sp³-hybridized carbons (Fsp3) is 0.0476. The fourth-order valence-corrected chi connectivity index (χ4v) is 2.96. The normalized spacial score (nSPS) is 11.1. The molecule has 0 saturated heterocycles. The van der Waals surface area contributed by atoms with Gasteiger partial charge in [0.25, 0.3) is 11.8 Å². The number of rotatable bonds is 5. The summed E-state index contributed by atoms with van der Waals surface area (Å²) in [5.74, 6) is -0.386. The van der Waals surface area contributed by atoms with Gasteiger partial charge in [-0.3, -0.25) is 9.59 Å². The van der Waals surface area contributed by atoms with Crippen molar-refractivity contribution in [1.82, 2.24) is 5.32 Å². The number of amides is 2. The van der Waals surface area contributed by atoms with Gasteiger partial charge in [-0.25, -0.2) is 0 Å². The van der Waals surface area contributed by atoms with E-state index in [1.165, 1.54) is 12.3 Å². The van der Waals surface area contributed by atoms with Crippen molar-refractivity contribution < 1.29 is 14.0 Å². The molecular formula is C21H17BrN2O3. The molecule has 136 valence electrons. The molecule has 0 aliphatic heterocycles. The van der Waals surface area contributed by atoms with Crippen molar-refractivity contribution in [2.75, 3.05) is 5.32 Å². The highest BCUT2D eigenvalue weighted by atomic mass is 79.9. The van der Waals surface area contributed by atoms with Crippen LogP contribution in [0.3, 0.4) is 0 Å². The Kier molecular flexibility index (Phi) is 5.88. The van der Waals surface area contributed by atoms with Gasteiger partial charge in [0.15, 0.2) is 0 Å². The molecule has 0 atom stereocenters. The maximum atomic E-state index is 12.8. The first kappa shape index (κ1) is 18.7. The highest BCUT2D eigenvalue weighted by Crippen LogP contribution is 2.24. The highest BCUT2D eigenvalue weighted by Gasteiger charge is 2.16. The van der Waals surface area contributed by atoms with Crippen LogP contribution in [0.2, 0.25) is 0 Å². The number of hydrogen-bond acceptors (Lipinski definition) is 3. The Balaban J connectivity index is 1.85. The van der Waals surface area contributed by atoms with Crippen LogP contribution in [0, 0.1) is 6.92 Å². The third-order valence-corrected chi connectivity index (χ3v) is 4.39. The van der Waals surface area contributed by atoms with Crippen molar-refractivity contribution in [1.29, 1.82) is 0 Å². The molecule has 27 heavy (non-hydrogen) atoms. The van der Waals surface area contributed by atoms with E-state index in [0.29, 0.717) is 17.0 Å². The van der Waals surface area contributed by atoms with Gasteiger partial charge < -0.3 is 15.1 Å². The molecule has 0 spiro atoms. The Morgan fingerprint density at radius 1 is 1.04 bits per heavy atom. The monoisotopic (exact) mass is 424 g/mol. The third-order valence-electron chi connectivity index (χ3n) is 3.73. The molecule has 1 aromatic heterocycles. The molecule has 0 saturated carbocycles. The van der Waals surface area contributed by atoms with E-state index in [1.54, 1.807) is 42.5 Å². The van der Waals surface area contributed by atoms with E-state index >= 15 is 0 Å². The summed E-state index contributed by atoms with van der Waals surface area (Å²) in [6.45, 7) is 1.96. The van der Waals surface area contributed by atoms with Crippen LogP contribution in [-0.2, 0) is 4.79 Å². The van der Waals surface area contributed by atoms with E-state index < -0.39 is 5.91 Å². The van der Waals surface area contributed by atoms with Gasteiger partial charge >= 0.3 is 0 Å². The number of furan rings is 1. The second-order valence-corrected chi connectivity index (χ2v) is 6.69. The van der Waals surface area contributed by atoms with Gasteiger partial charge in [0, 0.05) is 16.1 Å². The van der Waals surface area contributed by atoms with Gasteiger partial charge in [0.2, 0.25) is 0 Å². The molecule has 5 nitrogen and oxygen atoms in total. The Bertz CT molecular complexity index is 980. The lowest BCUT2D eigenvalue weighted by Crippen LogP contribution is -2.30. The van der Waals surface area contributed by atoms with E-state index in [2.05, 4.69) is 26.6 Å². The van der Waals surface area contributed by atoms with E-state index in [-0.39, 0.29) is 11.6 Å². The van der Waals surface area contributed by atoms with Crippen LogP contribution < -0.4 is 10.6 Å². The smallest absolute Gasteiger partial charge is 0.272 e. The molecular weight excluding hydrogens is 408 g/mol. The van der Waals surface area contributed by atoms with Crippen LogP contribution in [0.5, 0.6) is 0 Å². The molecule has 2 aromatic carbocycles. The topological polar surface area (TPSA) is 71.3 Å². The van der Waals surface area contributed by atoms with Gasteiger partial charge in [0.1, 0.15) is 11.5 Å². The quantitative estimate of drug-likeness (QED) is 0.579. The molecule has 0 aliphatic rings. The van der Waals surface area contributed by atoms with Crippen molar-refractivity contribution in [2.45, 2.75) is 6.92 Å². The van der Waals surface area contributed by atoms with E-state index in [4.69, 9.17) is 4.42 Å². The summed E-state index contributed by atoms with van der Waals surface area (Å²) in [5, 5.41) is 5.45. The summed E-state index contributed by atoms with van der Waals surface area (Å²) < 4.78 is 6.03. The van der Waals surface area contributed by atoms with Crippen LogP contribution in [0.15, 0.2) is 81.5 Å². The van der Waals surface area contributed by atoms with Crippen molar-refractivity contribution in [3.8, 4) is 0 Å². The second-order valence-electron chi connectivity index (χ2n) is 5.83. The van der Waals surface area contributed by atoms with Crippen LogP contribution in [0.25, 0.3) is 6.08 Å². The number of carbonyl (C=O) groups is 2. The summed E-state index contributed by atoms with van der Waals surface area (Å²) in [6, 6.07) is 17.7. The first-order valence-corrected chi connectivity index (χ1v) is 9.01. The summed E-state index contributed by atoms with van der Waals surface area (Å²) in [5.41, 5.74) is 2.19. The fourth-order valence-electron chi connectivity index (χ4n) is 2.37. The Labute approximate surface area is 165 Å². The zero-order valence-corrected chi connectivity index (χ0v) is 16.1. The lowest BCUT2D eigenvalue weighted by atomic mass is 10.2. The summed E-state index contributed by atoms with van der Waals surface area (Å²) in [4.78, 5) is 25.3. The Morgan fingerprint density at radius 2 is 1.81 bits per heavy atom.